The standard InChI is InChI=1S/C16H20N4OS/c1-2-17-16(20-12-6-3-4-7-12)18-10-13-11-21-15(19-13)14-8-5-9-22-14/h3-5,8-9,11-12H,2,6-7,10H2,1H3,(H2,17,18,20). The van der Waals surface area contributed by atoms with Gasteiger partial charge in [-0.1, -0.05) is 18.2 Å². The Morgan fingerprint density at radius 3 is 3.05 bits per heavy atom. The molecule has 3 rings (SSSR count). The Balaban J connectivity index is 1.62. The summed E-state index contributed by atoms with van der Waals surface area (Å²) >= 11 is 1.62. The van der Waals surface area contributed by atoms with Gasteiger partial charge >= 0.3 is 0 Å². The second kappa shape index (κ2) is 7.26. The Morgan fingerprint density at radius 1 is 1.45 bits per heavy atom. The van der Waals surface area contributed by atoms with Crippen molar-refractivity contribution < 1.29 is 4.42 Å². The maximum Gasteiger partial charge on any atom is 0.236 e. The highest BCUT2D eigenvalue weighted by Crippen LogP contribution is 2.23. The van der Waals surface area contributed by atoms with Gasteiger partial charge in [0.25, 0.3) is 0 Å². The predicted octanol–water partition coefficient (Wildman–Crippen LogP) is 3.18. The van der Waals surface area contributed by atoms with Gasteiger partial charge in [0.05, 0.1) is 11.4 Å². The van der Waals surface area contributed by atoms with E-state index in [0.29, 0.717) is 18.5 Å². The predicted molar refractivity (Wildman–Crippen MR) is 89.9 cm³/mol. The van der Waals surface area contributed by atoms with Crippen molar-refractivity contribution >= 4 is 17.3 Å². The zero-order chi connectivity index (χ0) is 15.2. The number of aliphatic imine (C=N–C) groups is 1. The Bertz CT molecular complexity index is 637. The van der Waals surface area contributed by atoms with E-state index in [0.717, 1.165) is 35.9 Å². The van der Waals surface area contributed by atoms with Crippen molar-refractivity contribution in [2.75, 3.05) is 6.54 Å². The number of aromatic nitrogens is 1. The number of nitrogens with one attached hydrogen (secondary N) is 2. The highest BCUT2D eigenvalue weighted by molar-refractivity contribution is 7.13. The average Bonchev–Trinajstić information content (AvgIpc) is 3.26. The number of thiophene rings is 1. The summed E-state index contributed by atoms with van der Waals surface area (Å²) in [5.41, 5.74) is 0.838. The van der Waals surface area contributed by atoms with Crippen LogP contribution in [0.5, 0.6) is 0 Å². The molecule has 0 saturated heterocycles. The van der Waals surface area contributed by atoms with E-state index in [1.165, 1.54) is 0 Å². The molecule has 2 aromatic rings. The molecule has 0 saturated carbocycles. The smallest absolute Gasteiger partial charge is 0.236 e. The van der Waals surface area contributed by atoms with Gasteiger partial charge in [-0.15, -0.1) is 11.3 Å². The Hall–Kier alpha value is -2.08. The van der Waals surface area contributed by atoms with E-state index in [9.17, 15) is 0 Å². The van der Waals surface area contributed by atoms with E-state index in [4.69, 9.17) is 4.42 Å². The molecule has 22 heavy (non-hydrogen) atoms. The van der Waals surface area contributed by atoms with Gasteiger partial charge in [0.2, 0.25) is 5.89 Å². The molecule has 0 spiro atoms. The van der Waals surface area contributed by atoms with Gasteiger partial charge in [-0.25, -0.2) is 9.98 Å². The molecular formula is C16H20N4OS. The minimum absolute atomic E-state index is 0.441. The molecule has 2 heterocycles. The van der Waals surface area contributed by atoms with Crippen LogP contribution in [0.2, 0.25) is 0 Å². The first-order valence-electron chi connectivity index (χ1n) is 7.53. The van der Waals surface area contributed by atoms with Gasteiger partial charge < -0.3 is 15.1 Å². The van der Waals surface area contributed by atoms with Crippen LogP contribution in [0.1, 0.15) is 25.5 Å². The van der Waals surface area contributed by atoms with E-state index in [2.05, 4.69) is 39.7 Å². The molecule has 5 nitrogen and oxygen atoms in total. The lowest BCUT2D eigenvalue weighted by Gasteiger charge is -2.16. The van der Waals surface area contributed by atoms with Crippen LogP contribution in [0.15, 0.2) is 45.3 Å². The third-order valence-corrected chi connectivity index (χ3v) is 4.23. The highest BCUT2D eigenvalue weighted by Gasteiger charge is 2.12. The second-order valence-corrected chi connectivity index (χ2v) is 6.05. The van der Waals surface area contributed by atoms with Crippen LogP contribution in [0, 0.1) is 0 Å². The number of hydrogen-bond donors (Lipinski definition) is 2. The first-order chi connectivity index (χ1) is 10.8. The third kappa shape index (κ3) is 3.76. The maximum atomic E-state index is 5.51. The summed E-state index contributed by atoms with van der Waals surface area (Å²) in [6.45, 7) is 3.41. The van der Waals surface area contributed by atoms with Crippen LogP contribution in [-0.2, 0) is 6.54 Å². The number of nitrogens with zero attached hydrogens (tertiary/aromatic N) is 2. The van der Waals surface area contributed by atoms with Crippen LogP contribution >= 0.6 is 11.3 Å². The van der Waals surface area contributed by atoms with Crippen LogP contribution in [0.3, 0.4) is 0 Å². The molecule has 6 heteroatoms. The fourth-order valence-electron chi connectivity index (χ4n) is 2.30. The van der Waals surface area contributed by atoms with Crippen molar-refractivity contribution in [1.29, 1.82) is 0 Å². The summed E-state index contributed by atoms with van der Waals surface area (Å²) in [5.74, 6) is 1.50. The quantitative estimate of drug-likeness (QED) is 0.505. The first kappa shape index (κ1) is 14.8. The van der Waals surface area contributed by atoms with Gasteiger partial charge in [-0.2, -0.15) is 0 Å². The van der Waals surface area contributed by atoms with Crippen LogP contribution in [-0.4, -0.2) is 23.5 Å². The van der Waals surface area contributed by atoms with Crippen molar-refractivity contribution in [3.8, 4) is 10.8 Å². The summed E-state index contributed by atoms with van der Waals surface area (Å²) in [5, 5.41) is 8.72. The molecule has 1 aliphatic carbocycles. The SMILES string of the molecule is CCNC(=NCc1coc(-c2cccs2)n1)NC1CC=CC1. The third-order valence-electron chi connectivity index (χ3n) is 3.38. The molecule has 0 fully saturated rings. The Kier molecular flexibility index (Phi) is 4.90. The Labute approximate surface area is 134 Å². The van der Waals surface area contributed by atoms with E-state index in [-0.39, 0.29) is 0 Å². The topological polar surface area (TPSA) is 62.5 Å². The minimum Gasteiger partial charge on any atom is -0.443 e. The molecule has 0 bridgehead atoms. The highest BCUT2D eigenvalue weighted by atomic mass is 32.1. The molecule has 0 radical (unpaired) electrons. The lowest BCUT2D eigenvalue weighted by Crippen LogP contribution is -2.42. The van der Waals surface area contributed by atoms with E-state index in [1.807, 2.05) is 17.5 Å². The van der Waals surface area contributed by atoms with Crippen molar-refractivity contribution in [3.05, 3.63) is 41.6 Å². The largest absolute Gasteiger partial charge is 0.443 e. The summed E-state index contributed by atoms with van der Waals surface area (Å²) in [4.78, 5) is 10.1. The summed E-state index contributed by atoms with van der Waals surface area (Å²) in [6, 6.07) is 4.43. The summed E-state index contributed by atoms with van der Waals surface area (Å²) in [7, 11) is 0. The van der Waals surface area contributed by atoms with Crippen molar-refractivity contribution in [2.45, 2.75) is 32.4 Å². The Morgan fingerprint density at radius 2 is 2.32 bits per heavy atom. The average molecular weight is 316 g/mol. The normalized spacial score (nSPS) is 15.4. The fourth-order valence-corrected chi connectivity index (χ4v) is 2.96. The first-order valence-corrected chi connectivity index (χ1v) is 8.41. The van der Waals surface area contributed by atoms with Crippen molar-refractivity contribution in [2.24, 2.45) is 4.99 Å². The molecular weight excluding hydrogens is 296 g/mol. The monoisotopic (exact) mass is 316 g/mol. The zero-order valence-corrected chi connectivity index (χ0v) is 13.4. The zero-order valence-electron chi connectivity index (χ0n) is 12.6. The summed E-state index contributed by atoms with van der Waals surface area (Å²) in [6.07, 6.45) is 8.19. The van der Waals surface area contributed by atoms with Crippen LogP contribution in [0.4, 0.5) is 0 Å². The van der Waals surface area contributed by atoms with Crippen molar-refractivity contribution in [3.63, 3.8) is 0 Å². The van der Waals surface area contributed by atoms with E-state index >= 15 is 0 Å². The van der Waals surface area contributed by atoms with E-state index < -0.39 is 0 Å². The lowest BCUT2D eigenvalue weighted by atomic mass is 10.2. The molecule has 0 atom stereocenters. The number of rotatable bonds is 5. The van der Waals surface area contributed by atoms with Crippen LogP contribution in [0.25, 0.3) is 10.8 Å². The second-order valence-electron chi connectivity index (χ2n) is 5.10. The molecule has 116 valence electrons. The number of guanidine groups is 1. The molecule has 0 aliphatic heterocycles. The fraction of sp³-hybridized carbons (Fsp3) is 0.375. The molecule has 2 aromatic heterocycles. The van der Waals surface area contributed by atoms with E-state index in [1.54, 1.807) is 17.6 Å². The molecule has 0 amide bonds. The van der Waals surface area contributed by atoms with Crippen LogP contribution < -0.4 is 10.6 Å². The van der Waals surface area contributed by atoms with Gasteiger partial charge in [-0.3, -0.25) is 0 Å². The summed E-state index contributed by atoms with van der Waals surface area (Å²) < 4.78 is 5.51. The van der Waals surface area contributed by atoms with Crippen molar-refractivity contribution in [1.82, 2.24) is 15.6 Å². The minimum atomic E-state index is 0.441. The van der Waals surface area contributed by atoms with Gasteiger partial charge in [0, 0.05) is 12.6 Å². The molecule has 0 unspecified atom stereocenters. The lowest BCUT2D eigenvalue weighted by molar-refractivity contribution is 0.574. The molecule has 2 N–H and O–H groups in total. The van der Waals surface area contributed by atoms with Gasteiger partial charge in [0.1, 0.15) is 12.0 Å². The molecule has 1 aliphatic rings. The van der Waals surface area contributed by atoms with Gasteiger partial charge in [-0.05, 0) is 31.2 Å². The maximum absolute atomic E-state index is 5.51. The molecule has 0 aromatic carbocycles. The number of oxazole rings is 1. The van der Waals surface area contributed by atoms with Gasteiger partial charge in [0.15, 0.2) is 5.96 Å². The number of hydrogen-bond acceptors (Lipinski definition) is 4.